The van der Waals surface area contributed by atoms with Crippen molar-refractivity contribution >= 4 is 22.9 Å². The standard InChI is InChI=1S/C24H30N6O2/c1-24(2,32)19-14-16(9-10-25-19)21-26-18-7-8-20(27-22(18)28-21)30-13-5-6-17(15-30)23(31)29-11-3-4-12-29/h7-10,14,17,32H,3-6,11-13,15H2,1-2H3,(H,26,27,28)/t17-/m1/s1. The van der Waals surface area contributed by atoms with E-state index in [0.717, 1.165) is 62.2 Å². The molecule has 8 nitrogen and oxygen atoms in total. The second-order valence-corrected chi connectivity index (χ2v) is 9.43. The molecule has 2 aliphatic rings. The van der Waals surface area contributed by atoms with E-state index in [0.29, 0.717) is 29.6 Å². The second kappa shape index (κ2) is 8.16. The molecule has 168 valence electrons. The summed E-state index contributed by atoms with van der Waals surface area (Å²) in [6, 6.07) is 7.71. The minimum atomic E-state index is -1.02. The molecule has 8 heteroatoms. The van der Waals surface area contributed by atoms with Gasteiger partial charge in [-0.3, -0.25) is 9.78 Å². The molecule has 3 aromatic heterocycles. The first kappa shape index (κ1) is 20.9. The zero-order valence-corrected chi connectivity index (χ0v) is 18.7. The smallest absolute Gasteiger partial charge is 0.227 e. The number of pyridine rings is 2. The van der Waals surface area contributed by atoms with Crippen molar-refractivity contribution in [3.8, 4) is 11.4 Å². The van der Waals surface area contributed by atoms with Crippen LogP contribution in [0.1, 0.15) is 45.2 Å². The summed E-state index contributed by atoms with van der Waals surface area (Å²) in [6.07, 6.45) is 5.87. The monoisotopic (exact) mass is 434 g/mol. The van der Waals surface area contributed by atoms with Gasteiger partial charge >= 0.3 is 0 Å². The highest BCUT2D eigenvalue weighted by atomic mass is 16.3. The molecule has 0 unspecified atom stereocenters. The van der Waals surface area contributed by atoms with Gasteiger partial charge in [0.2, 0.25) is 5.91 Å². The van der Waals surface area contributed by atoms with E-state index in [1.165, 1.54) is 0 Å². The highest BCUT2D eigenvalue weighted by molar-refractivity contribution is 5.81. The molecular weight excluding hydrogens is 404 g/mol. The first-order chi connectivity index (χ1) is 15.4. The number of H-pyrrole nitrogens is 1. The molecular formula is C24H30N6O2. The number of aliphatic hydroxyl groups is 1. The summed E-state index contributed by atoms with van der Waals surface area (Å²) in [6.45, 7) is 6.85. The number of amides is 1. The van der Waals surface area contributed by atoms with Crippen LogP contribution in [0, 0.1) is 5.92 Å². The van der Waals surface area contributed by atoms with Gasteiger partial charge in [0, 0.05) is 37.9 Å². The van der Waals surface area contributed by atoms with Gasteiger partial charge in [0.05, 0.1) is 17.1 Å². The number of likely N-dealkylation sites (tertiary alicyclic amines) is 1. The highest BCUT2D eigenvalue weighted by Crippen LogP contribution is 2.28. The van der Waals surface area contributed by atoms with E-state index in [-0.39, 0.29) is 5.92 Å². The largest absolute Gasteiger partial charge is 0.384 e. The number of nitrogens with one attached hydrogen (secondary N) is 1. The lowest BCUT2D eigenvalue weighted by Gasteiger charge is -2.34. The predicted molar refractivity (Wildman–Crippen MR) is 123 cm³/mol. The summed E-state index contributed by atoms with van der Waals surface area (Å²) in [7, 11) is 0. The fourth-order valence-corrected chi connectivity index (χ4v) is 4.69. The van der Waals surface area contributed by atoms with Crippen molar-refractivity contribution in [3.05, 3.63) is 36.2 Å². The van der Waals surface area contributed by atoms with Gasteiger partial charge in [-0.25, -0.2) is 9.97 Å². The summed E-state index contributed by atoms with van der Waals surface area (Å²) in [4.78, 5) is 34.2. The van der Waals surface area contributed by atoms with Gasteiger partial charge in [-0.05, 0) is 63.8 Å². The molecule has 1 atom stereocenters. The topological polar surface area (TPSA) is 98.2 Å². The average Bonchev–Trinajstić information content (AvgIpc) is 3.48. The summed E-state index contributed by atoms with van der Waals surface area (Å²) in [5.41, 5.74) is 1.92. The maximum atomic E-state index is 12.9. The third-order valence-electron chi connectivity index (χ3n) is 6.50. The number of carbonyl (C=O) groups excluding carboxylic acids is 1. The molecule has 0 bridgehead atoms. The van der Waals surface area contributed by atoms with Crippen molar-refractivity contribution in [1.29, 1.82) is 0 Å². The van der Waals surface area contributed by atoms with Gasteiger partial charge in [-0.15, -0.1) is 0 Å². The number of aromatic nitrogens is 4. The number of carbonyl (C=O) groups is 1. The summed E-state index contributed by atoms with van der Waals surface area (Å²) < 4.78 is 0. The fraction of sp³-hybridized carbons (Fsp3) is 0.500. The van der Waals surface area contributed by atoms with Crippen LogP contribution < -0.4 is 4.90 Å². The summed E-state index contributed by atoms with van der Waals surface area (Å²) >= 11 is 0. The molecule has 5 rings (SSSR count). The SMILES string of the molecule is CC(C)(O)c1cc(-c2nc3nc(N4CCC[C@@H](C(=O)N5CCCC5)C4)ccc3[nH]2)ccn1. The second-order valence-electron chi connectivity index (χ2n) is 9.43. The Morgan fingerprint density at radius 3 is 2.72 bits per heavy atom. The van der Waals surface area contributed by atoms with Crippen LogP contribution in [0.2, 0.25) is 0 Å². The van der Waals surface area contributed by atoms with Crippen molar-refractivity contribution in [2.75, 3.05) is 31.1 Å². The molecule has 32 heavy (non-hydrogen) atoms. The maximum absolute atomic E-state index is 12.9. The zero-order valence-electron chi connectivity index (χ0n) is 18.7. The van der Waals surface area contributed by atoms with E-state index < -0.39 is 5.60 Å². The van der Waals surface area contributed by atoms with E-state index in [2.05, 4.69) is 14.9 Å². The third-order valence-corrected chi connectivity index (χ3v) is 6.50. The van der Waals surface area contributed by atoms with Gasteiger partial charge in [-0.2, -0.15) is 0 Å². The molecule has 0 aliphatic carbocycles. The molecule has 1 amide bonds. The fourth-order valence-electron chi connectivity index (χ4n) is 4.69. The van der Waals surface area contributed by atoms with Crippen LogP contribution in [0.25, 0.3) is 22.6 Å². The minimum Gasteiger partial charge on any atom is -0.384 e. The van der Waals surface area contributed by atoms with Crippen molar-refractivity contribution in [3.63, 3.8) is 0 Å². The Hall–Kier alpha value is -3.00. The number of fused-ring (bicyclic) bond motifs is 1. The van der Waals surface area contributed by atoms with E-state index >= 15 is 0 Å². The number of imidazole rings is 1. The number of aromatic amines is 1. The summed E-state index contributed by atoms with van der Waals surface area (Å²) in [5.74, 6) is 1.90. The molecule has 2 N–H and O–H groups in total. The van der Waals surface area contributed by atoms with Crippen LogP contribution in [0.3, 0.4) is 0 Å². The molecule has 0 spiro atoms. The van der Waals surface area contributed by atoms with Crippen LogP contribution in [-0.2, 0) is 10.4 Å². The quantitative estimate of drug-likeness (QED) is 0.655. The van der Waals surface area contributed by atoms with E-state index in [1.54, 1.807) is 20.0 Å². The van der Waals surface area contributed by atoms with Crippen LogP contribution in [0.15, 0.2) is 30.5 Å². The van der Waals surface area contributed by atoms with Crippen molar-refractivity contribution in [2.45, 2.75) is 45.1 Å². The van der Waals surface area contributed by atoms with Crippen LogP contribution in [0.4, 0.5) is 5.82 Å². The van der Waals surface area contributed by atoms with E-state index in [9.17, 15) is 9.90 Å². The average molecular weight is 435 g/mol. The van der Waals surface area contributed by atoms with Gasteiger partial charge < -0.3 is 19.9 Å². The van der Waals surface area contributed by atoms with Crippen molar-refractivity contribution in [1.82, 2.24) is 24.8 Å². The van der Waals surface area contributed by atoms with Gasteiger partial charge in [-0.1, -0.05) is 0 Å². The van der Waals surface area contributed by atoms with E-state index in [4.69, 9.17) is 9.97 Å². The third kappa shape index (κ3) is 4.07. The van der Waals surface area contributed by atoms with E-state index in [1.807, 2.05) is 29.2 Å². The molecule has 0 saturated carbocycles. The Morgan fingerprint density at radius 2 is 1.94 bits per heavy atom. The summed E-state index contributed by atoms with van der Waals surface area (Å²) in [5, 5.41) is 10.3. The number of rotatable bonds is 4. The number of anilines is 1. The lowest BCUT2D eigenvalue weighted by atomic mass is 9.96. The molecule has 0 aromatic carbocycles. The van der Waals surface area contributed by atoms with Gasteiger partial charge in [0.25, 0.3) is 0 Å². The van der Waals surface area contributed by atoms with Crippen LogP contribution in [-0.4, -0.2) is 62.0 Å². The Balaban J connectivity index is 1.38. The first-order valence-corrected chi connectivity index (χ1v) is 11.5. The van der Waals surface area contributed by atoms with Crippen LogP contribution in [0.5, 0.6) is 0 Å². The number of hydrogen-bond acceptors (Lipinski definition) is 6. The molecule has 3 aromatic rings. The number of hydrogen-bond donors (Lipinski definition) is 2. The lowest BCUT2D eigenvalue weighted by Crippen LogP contribution is -2.44. The van der Waals surface area contributed by atoms with Crippen molar-refractivity contribution < 1.29 is 9.90 Å². The minimum absolute atomic E-state index is 0.0474. The van der Waals surface area contributed by atoms with Crippen LogP contribution >= 0.6 is 0 Å². The maximum Gasteiger partial charge on any atom is 0.227 e. The normalized spacial score (nSPS) is 19.7. The molecule has 2 fully saturated rings. The molecule has 2 aliphatic heterocycles. The Labute approximate surface area is 187 Å². The predicted octanol–water partition coefficient (Wildman–Crippen LogP) is 3.09. The number of piperidine rings is 1. The lowest BCUT2D eigenvalue weighted by molar-refractivity contribution is -0.134. The van der Waals surface area contributed by atoms with Gasteiger partial charge in [0.1, 0.15) is 17.2 Å². The highest BCUT2D eigenvalue weighted by Gasteiger charge is 2.31. The molecule has 2 saturated heterocycles. The molecule has 5 heterocycles. The first-order valence-electron chi connectivity index (χ1n) is 11.5. The van der Waals surface area contributed by atoms with Crippen molar-refractivity contribution in [2.24, 2.45) is 5.92 Å². The Bertz CT molecular complexity index is 1130. The molecule has 0 radical (unpaired) electrons. The van der Waals surface area contributed by atoms with Gasteiger partial charge in [0.15, 0.2) is 5.65 Å². The zero-order chi connectivity index (χ0) is 22.3. The number of nitrogens with zero attached hydrogens (tertiary/aromatic N) is 5. The Morgan fingerprint density at radius 1 is 1.12 bits per heavy atom. The Kier molecular flexibility index (Phi) is 5.33.